The lowest BCUT2D eigenvalue weighted by molar-refractivity contribution is 0.0150. The third kappa shape index (κ3) is 3.26. The van der Waals surface area contributed by atoms with E-state index in [2.05, 4.69) is 31.1 Å². The minimum absolute atomic E-state index is 0.0770. The summed E-state index contributed by atoms with van der Waals surface area (Å²) < 4.78 is 5.52. The van der Waals surface area contributed by atoms with Crippen LogP contribution in [0.1, 0.15) is 36.8 Å². The van der Waals surface area contributed by atoms with Crippen molar-refractivity contribution in [2.75, 3.05) is 14.2 Å². The van der Waals surface area contributed by atoms with E-state index in [-0.39, 0.29) is 11.5 Å². The molecule has 0 aliphatic heterocycles. The highest BCUT2D eigenvalue weighted by molar-refractivity contribution is 7.11. The lowest BCUT2D eigenvalue weighted by Crippen LogP contribution is -2.19. The first-order valence-electron chi connectivity index (χ1n) is 5.11. The first-order chi connectivity index (χ1) is 6.99. The second kappa shape index (κ2) is 5.05. The number of nitrogens with one attached hydrogen (secondary N) is 1. The van der Waals surface area contributed by atoms with Crippen LogP contribution in [0.2, 0.25) is 0 Å². The van der Waals surface area contributed by atoms with Crippen LogP contribution in [0.15, 0.2) is 6.20 Å². The second-order valence-corrected chi connectivity index (χ2v) is 5.82. The van der Waals surface area contributed by atoms with Gasteiger partial charge < -0.3 is 10.1 Å². The number of ether oxygens (including phenoxy) is 1. The summed E-state index contributed by atoms with van der Waals surface area (Å²) in [5, 5.41) is 4.19. The van der Waals surface area contributed by atoms with Gasteiger partial charge in [-0.3, -0.25) is 0 Å². The van der Waals surface area contributed by atoms with Crippen molar-refractivity contribution in [3.63, 3.8) is 0 Å². The van der Waals surface area contributed by atoms with Crippen molar-refractivity contribution in [3.8, 4) is 0 Å². The summed E-state index contributed by atoms with van der Waals surface area (Å²) in [6.07, 6.45) is 2.00. The number of hydrogen-bond donors (Lipinski definition) is 1. The van der Waals surface area contributed by atoms with Crippen molar-refractivity contribution >= 4 is 11.3 Å². The summed E-state index contributed by atoms with van der Waals surface area (Å²) in [5.74, 6) is 0. The fraction of sp³-hybridized carbons (Fsp3) is 0.727. The Hall–Kier alpha value is -0.450. The molecule has 0 aliphatic carbocycles. The Labute approximate surface area is 95.9 Å². The molecule has 1 aromatic heterocycles. The SMILES string of the molecule is CNCc1cnc(C(OC)C(C)(C)C)s1. The van der Waals surface area contributed by atoms with Gasteiger partial charge in [0.1, 0.15) is 11.1 Å². The third-order valence-electron chi connectivity index (χ3n) is 2.17. The summed E-state index contributed by atoms with van der Waals surface area (Å²) in [7, 11) is 3.69. The molecule has 1 unspecified atom stereocenters. The van der Waals surface area contributed by atoms with Gasteiger partial charge in [-0.15, -0.1) is 11.3 Å². The highest BCUT2D eigenvalue weighted by Gasteiger charge is 2.28. The van der Waals surface area contributed by atoms with E-state index in [4.69, 9.17) is 4.74 Å². The Bertz CT molecular complexity index is 304. The molecule has 3 nitrogen and oxygen atoms in total. The molecule has 0 bridgehead atoms. The lowest BCUT2D eigenvalue weighted by atomic mass is 9.89. The third-order valence-corrected chi connectivity index (χ3v) is 3.21. The van der Waals surface area contributed by atoms with Gasteiger partial charge in [0.25, 0.3) is 0 Å². The first-order valence-corrected chi connectivity index (χ1v) is 5.92. The quantitative estimate of drug-likeness (QED) is 0.860. The minimum Gasteiger partial charge on any atom is -0.374 e. The molecule has 1 N–H and O–H groups in total. The molecule has 0 aliphatic rings. The molecule has 15 heavy (non-hydrogen) atoms. The average molecular weight is 228 g/mol. The Morgan fingerprint density at radius 1 is 1.53 bits per heavy atom. The summed E-state index contributed by atoms with van der Waals surface area (Å²) in [6.45, 7) is 7.37. The minimum atomic E-state index is 0.0770. The molecule has 1 aromatic rings. The van der Waals surface area contributed by atoms with Gasteiger partial charge >= 0.3 is 0 Å². The zero-order chi connectivity index (χ0) is 11.5. The molecule has 0 spiro atoms. The molecule has 0 radical (unpaired) electrons. The van der Waals surface area contributed by atoms with Gasteiger partial charge in [-0.2, -0.15) is 0 Å². The van der Waals surface area contributed by atoms with Crippen LogP contribution in [0.3, 0.4) is 0 Å². The molecule has 1 rings (SSSR count). The van der Waals surface area contributed by atoms with E-state index in [0.29, 0.717) is 0 Å². The second-order valence-electron chi connectivity index (χ2n) is 4.68. The topological polar surface area (TPSA) is 34.2 Å². The fourth-order valence-corrected chi connectivity index (χ4v) is 2.78. The first kappa shape index (κ1) is 12.6. The average Bonchev–Trinajstić information content (AvgIpc) is 2.52. The zero-order valence-corrected chi connectivity index (χ0v) is 10.9. The molecule has 86 valence electrons. The van der Waals surface area contributed by atoms with Gasteiger partial charge in [0.05, 0.1) is 0 Å². The van der Waals surface area contributed by atoms with Gasteiger partial charge in [0, 0.05) is 24.7 Å². The largest absolute Gasteiger partial charge is 0.374 e. The number of nitrogens with zero attached hydrogens (tertiary/aromatic N) is 1. The van der Waals surface area contributed by atoms with Crippen LogP contribution in [0.5, 0.6) is 0 Å². The van der Waals surface area contributed by atoms with Crippen LogP contribution < -0.4 is 5.32 Å². The Morgan fingerprint density at radius 3 is 2.67 bits per heavy atom. The predicted molar refractivity (Wildman–Crippen MR) is 64.1 cm³/mol. The molecule has 0 amide bonds. The van der Waals surface area contributed by atoms with Gasteiger partial charge in [-0.25, -0.2) is 4.98 Å². The molecular formula is C11H20N2OS. The van der Waals surface area contributed by atoms with Crippen LogP contribution in [0, 0.1) is 5.41 Å². The van der Waals surface area contributed by atoms with E-state index < -0.39 is 0 Å². The summed E-state index contributed by atoms with van der Waals surface area (Å²) in [6, 6.07) is 0. The van der Waals surface area contributed by atoms with E-state index >= 15 is 0 Å². The van der Waals surface area contributed by atoms with Crippen molar-refractivity contribution in [1.29, 1.82) is 0 Å². The highest BCUT2D eigenvalue weighted by Crippen LogP contribution is 2.37. The Morgan fingerprint density at radius 2 is 2.20 bits per heavy atom. The van der Waals surface area contributed by atoms with Crippen LogP contribution in [0.4, 0.5) is 0 Å². The Balaban J connectivity index is 2.83. The van der Waals surface area contributed by atoms with Crippen molar-refractivity contribution < 1.29 is 4.74 Å². The van der Waals surface area contributed by atoms with Gasteiger partial charge in [-0.05, 0) is 12.5 Å². The normalized spacial score (nSPS) is 14.2. The molecule has 0 saturated carbocycles. The predicted octanol–water partition coefficient (Wildman–Crippen LogP) is 2.60. The molecule has 0 aromatic carbocycles. The van der Waals surface area contributed by atoms with Gasteiger partial charge in [0.15, 0.2) is 0 Å². The fourth-order valence-electron chi connectivity index (χ4n) is 1.52. The van der Waals surface area contributed by atoms with Crippen molar-refractivity contribution in [2.24, 2.45) is 5.41 Å². The molecular weight excluding hydrogens is 208 g/mol. The maximum absolute atomic E-state index is 5.52. The van der Waals surface area contributed by atoms with E-state index in [1.165, 1.54) is 4.88 Å². The van der Waals surface area contributed by atoms with E-state index in [1.54, 1.807) is 18.4 Å². The van der Waals surface area contributed by atoms with Crippen molar-refractivity contribution in [3.05, 3.63) is 16.1 Å². The number of rotatable bonds is 4. The number of thiazole rings is 1. The maximum Gasteiger partial charge on any atom is 0.122 e. The highest BCUT2D eigenvalue weighted by atomic mass is 32.1. The van der Waals surface area contributed by atoms with E-state index in [9.17, 15) is 0 Å². The van der Waals surface area contributed by atoms with Crippen LogP contribution in [0.25, 0.3) is 0 Å². The number of methoxy groups -OCH3 is 1. The van der Waals surface area contributed by atoms with Crippen LogP contribution in [-0.2, 0) is 11.3 Å². The number of aromatic nitrogens is 1. The number of hydrogen-bond acceptors (Lipinski definition) is 4. The van der Waals surface area contributed by atoms with E-state index in [0.717, 1.165) is 11.6 Å². The molecule has 1 atom stereocenters. The smallest absolute Gasteiger partial charge is 0.122 e. The van der Waals surface area contributed by atoms with Crippen molar-refractivity contribution in [2.45, 2.75) is 33.4 Å². The molecule has 4 heteroatoms. The Kier molecular flexibility index (Phi) is 4.25. The molecule has 0 fully saturated rings. The molecule has 0 saturated heterocycles. The van der Waals surface area contributed by atoms with Crippen LogP contribution in [-0.4, -0.2) is 19.1 Å². The van der Waals surface area contributed by atoms with Gasteiger partial charge in [0.2, 0.25) is 0 Å². The van der Waals surface area contributed by atoms with E-state index in [1.807, 2.05) is 13.2 Å². The monoisotopic (exact) mass is 228 g/mol. The molecule has 1 heterocycles. The lowest BCUT2D eigenvalue weighted by Gasteiger charge is -2.27. The zero-order valence-electron chi connectivity index (χ0n) is 10.1. The van der Waals surface area contributed by atoms with Crippen molar-refractivity contribution in [1.82, 2.24) is 10.3 Å². The summed E-state index contributed by atoms with van der Waals surface area (Å²) >= 11 is 1.72. The standard InChI is InChI=1S/C11H20N2OS/c1-11(2,3)9(14-5)10-13-7-8(15-10)6-12-4/h7,9,12H,6H2,1-5H3. The van der Waals surface area contributed by atoms with Gasteiger partial charge in [-0.1, -0.05) is 20.8 Å². The summed E-state index contributed by atoms with van der Waals surface area (Å²) in [5.41, 5.74) is 0.0868. The summed E-state index contributed by atoms with van der Waals surface area (Å²) in [4.78, 5) is 5.67. The van der Waals surface area contributed by atoms with Crippen LogP contribution >= 0.6 is 11.3 Å². The maximum atomic E-state index is 5.52.